The first-order valence-electron chi connectivity index (χ1n) is 7.59. The van der Waals surface area contributed by atoms with E-state index in [1.54, 1.807) is 6.92 Å². The topological polar surface area (TPSA) is 75.9 Å². The van der Waals surface area contributed by atoms with Crippen LogP contribution in [0.1, 0.15) is 18.4 Å². The van der Waals surface area contributed by atoms with Gasteiger partial charge in [-0.15, -0.1) is 11.3 Å². The number of thiophene rings is 1. The number of nitrogens with zero attached hydrogens (tertiary/aromatic N) is 2. The lowest BCUT2D eigenvalue weighted by molar-refractivity contribution is 0.477. The zero-order chi connectivity index (χ0) is 18.2. The molecule has 0 amide bonds. The van der Waals surface area contributed by atoms with Gasteiger partial charge in [0, 0.05) is 13.1 Å². The smallest absolute Gasteiger partial charge is 0.227 e. The Kier molecular flexibility index (Phi) is 4.72. The highest BCUT2D eigenvalue weighted by Crippen LogP contribution is 2.34. The Balaban J connectivity index is 2.09. The second kappa shape index (κ2) is 6.53. The van der Waals surface area contributed by atoms with Crippen LogP contribution >= 0.6 is 11.3 Å². The van der Waals surface area contributed by atoms with Crippen LogP contribution in [0, 0.1) is 13.5 Å². The summed E-state index contributed by atoms with van der Waals surface area (Å²) in [5, 5.41) is 0.274. The van der Waals surface area contributed by atoms with Gasteiger partial charge in [-0.3, -0.25) is 0 Å². The lowest BCUT2D eigenvalue weighted by Gasteiger charge is -2.16. The van der Waals surface area contributed by atoms with Crippen molar-refractivity contribution in [1.29, 1.82) is 0 Å². The average Bonchev–Trinajstić information content (AvgIpc) is 3.26. The monoisotopic (exact) mass is 396 g/mol. The van der Waals surface area contributed by atoms with Gasteiger partial charge >= 0.3 is 0 Å². The van der Waals surface area contributed by atoms with Crippen LogP contribution in [0.15, 0.2) is 44.3 Å². The third-order valence-electron chi connectivity index (χ3n) is 3.98. The van der Waals surface area contributed by atoms with E-state index in [-0.39, 0.29) is 19.0 Å². The van der Waals surface area contributed by atoms with Gasteiger partial charge in [0.25, 0.3) is 0 Å². The zero-order valence-electron chi connectivity index (χ0n) is 13.5. The van der Waals surface area contributed by atoms with Crippen molar-refractivity contribution in [2.45, 2.75) is 33.8 Å². The van der Waals surface area contributed by atoms with E-state index in [2.05, 4.69) is 4.85 Å². The number of sulfonamides is 1. The Morgan fingerprint density at radius 2 is 1.68 bits per heavy atom. The van der Waals surface area contributed by atoms with Crippen LogP contribution in [0.4, 0.5) is 5.00 Å². The second-order valence-corrected chi connectivity index (χ2v) is 11.0. The van der Waals surface area contributed by atoms with E-state index in [1.165, 1.54) is 34.6 Å². The highest BCUT2D eigenvalue weighted by atomic mass is 32.2. The Hall–Kier alpha value is -1.73. The Bertz CT molecular complexity index is 1060. The highest BCUT2D eigenvalue weighted by Gasteiger charge is 2.29. The van der Waals surface area contributed by atoms with Gasteiger partial charge < -0.3 is 0 Å². The molecule has 1 aromatic carbocycles. The highest BCUT2D eigenvalue weighted by molar-refractivity contribution is 7.93. The van der Waals surface area contributed by atoms with E-state index < -0.39 is 19.9 Å². The molecule has 1 saturated heterocycles. The molecule has 9 heteroatoms. The van der Waals surface area contributed by atoms with Crippen molar-refractivity contribution in [1.82, 2.24) is 4.31 Å². The third kappa shape index (κ3) is 3.35. The van der Waals surface area contributed by atoms with E-state index in [1.807, 2.05) is 0 Å². The summed E-state index contributed by atoms with van der Waals surface area (Å²) >= 11 is 0.877. The molecule has 0 bridgehead atoms. The molecule has 0 spiro atoms. The van der Waals surface area contributed by atoms with Crippen LogP contribution in [0.3, 0.4) is 0 Å². The minimum absolute atomic E-state index is 0.00469. The van der Waals surface area contributed by atoms with Crippen LogP contribution in [0.2, 0.25) is 0 Å². The number of hydrogen-bond acceptors (Lipinski definition) is 5. The predicted octanol–water partition coefficient (Wildman–Crippen LogP) is 3.22. The van der Waals surface area contributed by atoms with Crippen LogP contribution in [0.5, 0.6) is 0 Å². The molecule has 0 N–H and O–H groups in total. The van der Waals surface area contributed by atoms with Crippen molar-refractivity contribution in [3.8, 4) is 0 Å². The van der Waals surface area contributed by atoms with Gasteiger partial charge in [0.1, 0.15) is 4.21 Å². The molecule has 0 radical (unpaired) electrons. The summed E-state index contributed by atoms with van der Waals surface area (Å²) in [5.74, 6) is 0. The van der Waals surface area contributed by atoms with Crippen molar-refractivity contribution < 1.29 is 16.8 Å². The molecular weight excluding hydrogens is 380 g/mol. The maximum absolute atomic E-state index is 12.8. The number of aryl methyl sites for hydroxylation is 1. The number of sulfone groups is 1. The maximum Gasteiger partial charge on any atom is 0.243 e. The molecule has 25 heavy (non-hydrogen) atoms. The number of rotatable bonds is 4. The largest absolute Gasteiger partial charge is 0.243 e. The summed E-state index contributed by atoms with van der Waals surface area (Å²) < 4.78 is 52.5. The molecule has 0 unspecified atom stereocenters. The van der Waals surface area contributed by atoms with Crippen molar-refractivity contribution in [2.24, 2.45) is 0 Å². The molecule has 1 aromatic heterocycles. The molecule has 3 rings (SSSR count). The second-order valence-electron chi connectivity index (χ2n) is 5.80. The Morgan fingerprint density at radius 3 is 2.28 bits per heavy atom. The van der Waals surface area contributed by atoms with Crippen molar-refractivity contribution in [3.05, 3.63) is 47.3 Å². The van der Waals surface area contributed by atoms with Crippen molar-refractivity contribution >= 4 is 36.2 Å². The third-order valence-corrected chi connectivity index (χ3v) is 9.06. The molecule has 0 saturated carbocycles. The molecule has 1 fully saturated rings. The summed E-state index contributed by atoms with van der Waals surface area (Å²) in [7, 11) is -7.57. The molecule has 0 atom stereocenters. The van der Waals surface area contributed by atoms with E-state index in [0.29, 0.717) is 18.7 Å². The molecular formula is C16H16N2O4S3. The normalized spacial score (nSPS) is 16.0. The van der Waals surface area contributed by atoms with Crippen molar-refractivity contribution in [3.63, 3.8) is 0 Å². The molecule has 0 aliphatic carbocycles. The molecule has 6 nitrogen and oxygen atoms in total. The number of benzene rings is 1. The fourth-order valence-electron chi connectivity index (χ4n) is 2.73. The van der Waals surface area contributed by atoms with Crippen LogP contribution in [-0.4, -0.2) is 34.2 Å². The minimum Gasteiger partial charge on any atom is -0.227 e. The summed E-state index contributed by atoms with van der Waals surface area (Å²) in [6, 6.07) is 6.99. The lowest BCUT2D eigenvalue weighted by atomic mass is 10.2. The van der Waals surface area contributed by atoms with Crippen molar-refractivity contribution in [2.75, 3.05) is 13.1 Å². The first kappa shape index (κ1) is 18.1. The molecule has 1 aliphatic heterocycles. The minimum atomic E-state index is -3.86. The van der Waals surface area contributed by atoms with Gasteiger partial charge in [-0.2, -0.15) is 4.31 Å². The fraction of sp³-hybridized carbons (Fsp3) is 0.312. The van der Waals surface area contributed by atoms with Gasteiger partial charge in [0.05, 0.1) is 16.4 Å². The average molecular weight is 397 g/mol. The Labute approximate surface area is 151 Å². The lowest BCUT2D eigenvalue weighted by Crippen LogP contribution is -2.28. The van der Waals surface area contributed by atoms with Crippen LogP contribution < -0.4 is 0 Å². The quantitative estimate of drug-likeness (QED) is 0.744. The molecule has 2 aromatic rings. The molecule has 2 heterocycles. The number of hydrogen-bond donors (Lipinski definition) is 0. The zero-order valence-corrected chi connectivity index (χ0v) is 15.9. The SMILES string of the molecule is [C-]#[N+]c1ccc(S(=O)(=O)c2cc(C)cc(S(=O)(=O)N3CCCC3)c2)s1. The molecule has 132 valence electrons. The van der Waals surface area contributed by atoms with E-state index in [9.17, 15) is 16.8 Å². The van der Waals surface area contributed by atoms with Gasteiger partial charge in [-0.25, -0.2) is 21.7 Å². The van der Waals surface area contributed by atoms with E-state index >= 15 is 0 Å². The van der Waals surface area contributed by atoms with Gasteiger partial charge in [0.15, 0.2) is 0 Å². The van der Waals surface area contributed by atoms with Gasteiger partial charge in [0.2, 0.25) is 24.9 Å². The maximum atomic E-state index is 12.8. The standard InChI is InChI=1S/C16H16N2O4S3/c1-12-9-13(24(19,20)16-6-5-15(17-2)23-16)11-14(10-12)25(21,22)18-7-3-4-8-18/h5-6,9-11H,3-4,7-8H2,1H3. The van der Waals surface area contributed by atoms with E-state index in [4.69, 9.17) is 6.57 Å². The fourth-order valence-corrected chi connectivity index (χ4v) is 7.06. The molecule has 1 aliphatic rings. The van der Waals surface area contributed by atoms with E-state index in [0.717, 1.165) is 24.2 Å². The van der Waals surface area contributed by atoms with Crippen LogP contribution in [0.25, 0.3) is 4.85 Å². The summed E-state index contributed by atoms with van der Waals surface area (Å²) in [6.45, 7) is 9.55. The van der Waals surface area contributed by atoms with Gasteiger partial charge in [-0.05, 0) is 55.7 Å². The summed E-state index contributed by atoms with van der Waals surface area (Å²) in [6.07, 6.45) is 1.62. The van der Waals surface area contributed by atoms with Crippen LogP contribution in [-0.2, 0) is 19.9 Å². The first-order valence-corrected chi connectivity index (χ1v) is 11.3. The predicted molar refractivity (Wildman–Crippen MR) is 95.2 cm³/mol. The van der Waals surface area contributed by atoms with Gasteiger partial charge in [-0.1, -0.05) is 0 Å². The summed E-state index contributed by atoms with van der Waals surface area (Å²) in [5.41, 5.74) is 0.556. The first-order chi connectivity index (χ1) is 11.7. The summed E-state index contributed by atoms with van der Waals surface area (Å²) in [4.78, 5) is 3.16. The Morgan fingerprint density at radius 1 is 1.04 bits per heavy atom.